The summed E-state index contributed by atoms with van der Waals surface area (Å²) in [5, 5.41) is 0.802. The molecule has 2 heterocycles. The number of rotatable bonds is 2. The van der Waals surface area contributed by atoms with Crippen LogP contribution < -0.4 is 10.4 Å². The van der Waals surface area contributed by atoms with E-state index in [9.17, 15) is 9.59 Å². The van der Waals surface area contributed by atoms with E-state index >= 15 is 0 Å². The molecule has 0 spiro atoms. The lowest BCUT2D eigenvalue weighted by atomic mass is 10.1. The summed E-state index contributed by atoms with van der Waals surface area (Å²) in [5.41, 5.74) is 1.11. The maximum absolute atomic E-state index is 11.9. The van der Waals surface area contributed by atoms with E-state index in [2.05, 4.69) is 4.98 Å². The van der Waals surface area contributed by atoms with Gasteiger partial charge in [0.05, 0.1) is 5.56 Å². The summed E-state index contributed by atoms with van der Waals surface area (Å²) in [6, 6.07) is 9.62. The van der Waals surface area contributed by atoms with Crippen molar-refractivity contribution in [3.05, 3.63) is 70.3 Å². The van der Waals surface area contributed by atoms with Crippen LogP contribution in [0.15, 0.2) is 58.0 Å². The Balaban J connectivity index is 1.95. The van der Waals surface area contributed by atoms with E-state index in [1.807, 2.05) is 6.92 Å². The number of benzene rings is 1. The highest BCUT2D eigenvalue weighted by molar-refractivity contribution is 5.91. The molecule has 3 rings (SSSR count). The SMILES string of the molecule is Cc1cc(=O)oc2cc(OC(=O)c3cccnc3)ccc12. The third-order valence-corrected chi connectivity index (χ3v) is 3.03. The Hall–Kier alpha value is -2.95. The van der Waals surface area contributed by atoms with E-state index in [0.717, 1.165) is 10.9 Å². The number of nitrogens with zero attached hydrogens (tertiary/aromatic N) is 1. The highest BCUT2D eigenvalue weighted by Crippen LogP contribution is 2.22. The highest BCUT2D eigenvalue weighted by Gasteiger charge is 2.10. The molecule has 2 aromatic heterocycles. The van der Waals surface area contributed by atoms with Gasteiger partial charge in [-0.2, -0.15) is 0 Å². The van der Waals surface area contributed by atoms with E-state index < -0.39 is 11.6 Å². The summed E-state index contributed by atoms with van der Waals surface area (Å²) in [5.74, 6) is -0.206. The lowest BCUT2D eigenvalue weighted by Crippen LogP contribution is -2.08. The van der Waals surface area contributed by atoms with Gasteiger partial charge in [0.2, 0.25) is 0 Å². The minimum Gasteiger partial charge on any atom is -0.423 e. The fourth-order valence-corrected chi connectivity index (χ4v) is 2.02. The maximum atomic E-state index is 11.9. The van der Waals surface area contributed by atoms with Gasteiger partial charge in [-0.3, -0.25) is 4.98 Å². The smallest absolute Gasteiger partial charge is 0.345 e. The number of esters is 1. The molecule has 0 saturated carbocycles. The van der Waals surface area contributed by atoms with Gasteiger partial charge in [0.1, 0.15) is 11.3 Å². The molecule has 0 fully saturated rings. The largest absolute Gasteiger partial charge is 0.423 e. The first-order valence-electron chi connectivity index (χ1n) is 6.30. The van der Waals surface area contributed by atoms with Crippen molar-refractivity contribution >= 4 is 16.9 Å². The standard InChI is InChI=1S/C16H11NO4/c1-10-7-15(18)21-14-8-12(4-5-13(10)14)20-16(19)11-3-2-6-17-9-11/h2-9H,1H3. The quantitative estimate of drug-likeness (QED) is 0.410. The van der Waals surface area contributed by atoms with Crippen LogP contribution in [0.3, 0.4) is 0 Å². The third kappa shape index (κ3) is 2.67. The number of carbonyl (C=O) groups excluding carboxylic acids is 1. The predicted octanol–water partition coefficient (Wildman–Crippen LogP) is 2.72. The number of hydrogen-bond acceptors (Lipinski definition) is 5. The Morgan fingerprint density at radius 1 is 1.24 bits per heavy atom. The molecule has 0 aliphatic rings. The van der Waals surface area contributed by atoms with Crippen molar-refractivity contribution in [3.63, 3.8) is 0 Å². The molecule has 5 heteroatoms. The molecule has 0 aliphatic heterocycles. The minimum absolute atomic E-state index is 0.310. The van der Waals surface area contributed by atoms with Gasteiger partial charge in [0, 0.05) is 29.9 Å². The summed E-state index contributed by atoms with van der Waals surface area (Å²) < 4.78 is 10.4. The first-order valence-corrected chi connectivity index (χ1v) is 6.30. The first kappa shape index (κ1) is 13.1. The van der Waals surface area contributed by atoms with Crippen LogP contribution in [0.4, 0.5) is 0 Å². The summed E-state index contributed by atoms with van der Waals surface area (Å²) in [6.07, 6.45) is 3.00. The van der Waals surface area contributed by atoms with Crippen molar-refractivity contribution in [3.8, 4) is 5.75 Å². The lowest BCUT2D eigenvalue weighted by molar-refractivity contribution is 0.0734. The Kier molecular flexibility index (Phi) is 3.23. The van der Waals surface area contributed by atoms with Crippen molar-refractivity contribution in [2.45, 2.75) is 6.92 Å². The number of fused-ring (bicyclic) bond motifs is 1. The van der Waals surface area contributed by atoms with E-state index in [-0.39, 0.29) is 0 Å². The summed E-state index contributed by atoms with van der Waals surface area (Å²) in [4.78, 5) is 27.2. The second kappa shape index (κ2) is 5.20. The van der Waals surface area contributed by atoms with Crippen LogP contribution in [0.1, 0.15) is 15.9 Å². The van der Waals surface area contributed by atoms with Crippen LogP contribution in [0.5, 0.6) is 5.75 Å². The minimum atomic E-state index is -0.516. The molecule has 0 amide bonds. The Morgan fingerprint density at radius 3 is 2.86 bits per heavy atom. The molecule has 0 unspecified atom stereocenters. The average molecular weight is 281 g/mol. The Bertz CT molecular complexity index is 868. The molecule has 1 aromatic carbocycles. The fourth-order valence-electron chi connectivity index (χ4n) is 2.02. The zero-order valence-corrected chi connectivity index (χ0v) is 11.2. The van der Waals surface area contributed by atoms with E-state index in [1.165, 1.54) is 18.3 Å². The maximum Gasteiger partial charge on any atom is 0.345 e. The monoisotopic (exact) mass is 281 g/mol. The molecular formula is C16H11NO4. The summed E-state index contributed by atoms with van der Waals surface area (Å²) in [7, 11) is 0. The van der Waals surface area contributed by atoms with Crippen LogP contribution in [0, 0.1) is 6.92 Å². The van der Waals surface area contributed by atoms with Gasteiger partial charge in [0.25, 0.3) is 0 Å². The lowest BCUT2D eigenvalue weighted by Gasteiger charge is -2.05. The van der Waals surface area contributed by atoms with Crippen molar-refractivity contribution in [1.82, 2.24) is 4.98 Å². The molecule has 0 saturated heterocycles. The molecule has 0 atom stereocenters. The molecule has 0 bridgehead atoms. The van der Waals surface area contributed by atoms with Gasteiger partial charge >= 0.3 is 11.6 Å². The van der Waals surface area contributed by atoms with Gasteiger partial charge in [0.15, 0.2) is 0 Å². The van der Waals surface area contributed by atoms with Crippen LogP contribution in [0.25, 0.3) is 11.0 Å². The number of aromatic nitrogens is 1. The fraction of sp³-hybridized carbons (Fsp3) is 0.0625. The predicted molar refractivity (Wildman–Crippen MR) is 76.4 cm³/mol. The molecule has 104 valence electrons. The van der Waals surface area contributed by atoms with Crippen molar-refractivity contribution in [2.24, 2.45) is 0 Å². The molecular weight excluding hydrogens is 270 g/mol. The zero-order valence-electron chi connectivity index (χ0n) is 11.2. The third-order valence-electron chi connectivity index (χ3n) is 3.03. The number of pyridine rings is 1. The molecule has 21 heavy (non-hydrogen) atoms. The highest BCUT2D eigenvalue weighted by atomic mass is 16.5. The van der Waals surface area contributed by atoms with E-state index in [0.29, 0.717) is 16.9 Å². The second-order valence-corrected chi connectivity index (χ2v) is 4.54. The molecule has 3 aromatic rings. The summed E-state index contributed by atoms with van der Waals surface area (Å²) in [6.45, 7) is 1.82. The molecule has 0 aliphatic carbocycles. The van der Waals surface area contributed by atoms with Crippen molar-refractivity contribution < 1.29 is 13.9 Å². The average Bonchev–Trinajstić information content (AvgIpc) is 2.47. The molecule has 0 radical (unpaired) electrons. The number of carbonyl (C=O) groups is 1. The molecule has 5 nitrogen and oxygen atoms in total. The van der Waals surface area contributed by atoms with Crippen LogP contribution in [-0.4, -0.2) is 11.0 Å². The zero-order chi connectivity index (χ0) is 14.8. The van der Waals surface area contributed by atoms with Gasteiger partial charge in [-0.25, -0.2) is 9.59 Å². The van der Waals surface area contributed by atoms with Gasteiger partial charge < -0.3 is 9.15 Å². The van der Waals surface area contributed by atoms with Gasteiger partial charge in [-0.1, -0.05) is 0 Å². The van der Waals surface area contributed by atoms with Crippen molar-refractivity contribution in [1.29, 1.82) is 0 Å². The van der Waals surface area contributed by atoms with Gasteiger partial charge in [-0.15, -0.1) is 0 Å². The van der Waals surface area contributed by atoms with E-state index in [1.54, 1.807) is 30.5 Å². The number of hydrogen-bond donors (Lipinski definition) is 0. The molecule has 0 N–H and O–H groups in total. The topological polar surface area (TPSA) is 69.4 Å². The normalized spacial score (nSPS) is 10.5. The number of aryl methyl sites for hydroxylation is 1. The second-order valence-electron chi connectivity index (χ2n) is 4.54. The summed E-state index contributed by atoms with van der Waals surface area (Å²) >= 11 is 0. The van der Waals surface area contributed by atoms with Crippen LogP contribution >= 0.6 is 0 Å². The first-order chi connectivity index (χ1) is 10.1. The van der Waals surface area contributed by atoms with Crippen molar-refractivity contribution in [2.75, 3.05) is 0 Å². The Morgan fingerprint density at radius 2 is 2.10 bits per heavy atom. The Labute approximate surface area is 119 Å². The van der Waals surface area contributed by atoms with E-state index in [4.69, 9.17) is 9.15 Å². The van der Waals surface area contributed by atoms with Crippen LogP contribution in [0.2, 0.25) is 0 Å². The van der Waals surface area contributed by atoms with Crippen LogP contribution in [-0.2, 0) is 0 Å². The number of ether oxygens (including phenoxy) is 1. The van der Waals surface area contributed by atoms with Gasteiger partial charge in [-0.05, 0) is 36.8 Å².